The summed E-state index contributed by atoms with van der Waals surface area (Å²) in [6.45, 7) is 4.68. The first-order valence-corrected chi connectivity index (χ1v) is 11.2. The van der Waals surface area contributed by atoms with Crippen LogP contribution in [0.4, 0.5) is 0 Å². The van der Waals surface area contributed by atoms with Gasteiger partial charge in [0.15, 0.2) is 0 Å². The molecule has 2 nitrogen and oxygen atoms in total. The van der Waals surface area contributed by atoms with Crippen molar-refractivity contribution in [1.82, 2.24) is 9.38 Å². The molecule has 2 heterocycles. The Morgan fingerprint density at radius 3 is 2.25 bits per heavy atom. The monoisotopic (exact) mass is 410 g/mol. The van der Waals surface area contributed by atoms with Crippen molar-refractivity contribution >= 4 is 27.3 Å². The molecule has 2 heteroatoms. The number of aromatic nitrogens is 2. The molecule has 0 spiro atoms. The van der Waals surface area contributed by atoms with Gasteiger partial charge < -0.3 is 0 Å². The van der Waals surface area contributed by atoms with Crippen molar-refractivity contribution in [2.75, 3.05) is 0 Å². The Morgan fingerprint density at radius 1 is 0.656 bits per heavy atom. The normalized spacial score (nSPS) is 14.2. The van der Waals surface area contributed by atoms with Gasteiger partial charge in [0.1, 0.15) is 5.65 Å². The van der Waals surface area contributed by atoms with E-state index < -0.39 is 0 Å². The first-order chi connectivity index (χ1) is 15.7. The van der Waals surface area contributed by atoms with Crippen molar-refractivity contribution in [3.8, 4) is 22.3 Å². The molecule has 2 aromatic heterocycles. The van der Waals surface area contributed by atoms with Crippen LogP contribution in [0.3, 0.4) is 0 Å². The minimum Gasteiger partial charge on any atom is -0.299 e. The highest BCUT2D eigenvalue weighted by Gasteiger charge is 2.36. The van der Waals surface area contributed by atoms with E-state index in [0.29, 0.717) is 0 Å². The van der Waals surface area contributed by atoms with Crippen LogP contribution in [0.1, 0.15) is 25.0 Å². The third-order valence-electron chi connectivity index (χ3n) is 7.28. The van der Waals surface area contributed by atoms with Crippen LogP contribution in [0, 0.1) is 0 Å². The highest BCUT2D eigenvalue weighted by atomic mass is 15.0. The van der Waals surface area contributed by atoms with Gasteiger partial charge in [-0.05, 0) is 44.8 Å². The van der Waals surface area contributed by atoms with Crippen molar-refractivity contribution in [2.45, 2.75) is 19.3 Å². The fourth-order valence-electron chi connectivity index (χ4n) is 5.82. The topological polar surface area (TPSA) is 17.3 Å². The lowest BCUT2D eigenvalue weighted by Crippen LogP contribution is -2.14. The lowest BCUT2D eigenvalue weighted by Gasteiger charge is -2.22. The molecule has 1 aliphatic rings. The van der Waals surface area contributed by atoms with Crippen LogP contribution in [-0.4, -0.2) is 9.38 Å². The molecule has 0 radical (unpaired) electrons. The number of nitrogens with zero attached hydrogens (tertiary/aromatic N) is 2. The highest BCUT2D eigenvalue weighted by Crippen LogP contribution is 2.52. The van der Waals surface area contributed by atoms with Gasteiger partial charge in [0, 0.05) is 28.6 Å². The van der Waals surface area contributed by atoms with Crippen LogP contribution >= 0.6 is 0 Å². The van der Waals surface area contributed by atoms with E-state index in [9.17, 15) is 0 Å². The predicted octanol–water partition coefficient (Wildman–Crippen LogP) is 7.61. The van der Waals surface area contributed by atoms with Gasteiger partial charge in [0.2, 0.25) is 0 Å². The average Bonchev–Trinajstić information content (AvgIpc) is 3.41. The molecule has 0 fully saturated rings. The number of hydrogen-bond acceptors (Lipinski definition) is 1. The van der Waals surface area contributed by atoms with Gasteiger partial charge in [-0.1, -0.05) is 92.7 Å². The average molecular weight is 411 g/mol. The standard InChI is InChI=1S/C30H22N2/c1-30(2)24-14-6-5-11-23(24)27-19(12-7-15-25(27)30)20-13-8-16-26-28(20)21-9-3-4-10-22(21)29-31-17-18-32(26)29/h3-18H,1-2H3. The molecule has 0 saturated carbocycles. The van der Waals surface area contributed by atoms with Gasteiger partial charge >= 0.3 is 0 Å². The zero-order valence-corrected chi connectivity index (χ0v) is 18.1. The predicted molar refractivity (Wildman–Crippen MR) is 133 cm³/mol. The molecule has 1 aliphatic carbocycles. The Kier molecular flexibility index (Phi) is 3.37. The highest BCUT2D eigenvalue weighted by molar-refractivity contribution is 6.18. The summed E-state index contributed by atoms with van der Waals surface area (Å²) < 4.78 is 2.22. The summed E-state index contributed by atoms with van der Waals surface area (Å²) in [5.74, 6) is 0. The van der Waals surface area contributed by atoms with Gasteiger partial charge in [-0.2, -0.15) is 0 Å². The second-order valence-electron chi connectivity index (χ2n) is 9.26. The molecule has 152 valence electrons. The number of rotatable bonds is 1. The number of benzene rings is 4. The van der Waals surface area contributed by atoms with E-state index in [1.165, 1.54) is 55.1 Å². The third-order valence-corrected chi connectivity index (χ3v) is 7.28. The second-order valence-corrected chi connectivity index (χ2v) is 9.26. The van der Waals surface area contributed by atoms with Crippen LogP contribution in [0.2, 0.25) is 0 Å². The molecule has 0 saturated heterocycles. The molecule has 0 unspecified atom stereocenters. The van der Waals surface area contributed by atoms with E-state index in [1.54, 1.807) is 0 Å². The summed E-state index contributed by atoms with van der Waals surface area (Å²) in [5.41, 5.74) is 10.3. The molecule has 4 aromatic carbocycles. The first kappa shape index (κ1) is 17.7. The molecule has 32 heavy (non-hydrogen) atoms. The summed E-state index contributed by atoms with van der Waals surface area (Å²) in [4.78, 5) is 4.67. The third kappa shape index (κ3) is 2.12. The number of hydrogen-bond donors (Lipinski definition) is 0. The van der Waals surface area contributed by atoms with Crippen LogP contribution in [0.15, 0.2) is 97.3 Å². The van der Waals surface area contributed by atoms with Crippen molar-refractivity contribution in [3.05, 3.63) is 108 Å². The fraction of sp³-hybridized carbons (Fsp3) is 0.100. The summed E-state index contributed by atoms with van der Waals surface area (Å²) >= 11 is 0. The Hall–Kier alpha value is -3.91. The van der Waals surface area contributed by atoms with Gasteiger partial charge in [0.25, 0.3) is 0 Å². The zero-order valence-electron chi connectivity index (χ0n) is 18.1. The SMILES string of the molecule is CC1(C)c2ccccc2-c2c(-c3cccc4c3c3ccccc3c3nccn43)cccc21. The van der Waals surface area contributed by atoms with Crippen molar-refractivity contribution in [3.63, 3.8) is 0 Å². The summed E-state index contributed by atoms with van der Waals surface area (Å²) in [7, 11) is 0. The maximum absolute atomic E-state index is 4.67. The van der Waals surface area contributed by atoms with E-state index in [2.05, 4.69) is 114 Å². The van der Waals surface area contributed by atoms with Crippen LogP contribution in [0.5, 0.6) is 0 Å². The van der Waals surface area contributed by atoms with Gasteiger partial charge in [-0.25, -0.2) is 4.98 Å². The molecular weight excluding hydrogens is 388 g/mol. The molecular formula is C30H22N2. The van der Waals surface area contributed by atoms with Crippen LogP contribution < -0.4 is 0 Å². The van der Waals surface area contributed by atoms with Crippen LogP contribution in [-0.2, 0) is 5.41 Å². The molecule has 0 aliphatic heterocycles. The molecule has 0 amide bonds. The summed E-state index contributed by atoms with van der Waals surface area (Å²) in [6.07, 6.45) is 3.97. The molecule has 0 N–H and O–H groups in total. The van der Waals surface area contributed by atoms with Crippen molar-refractivity contribution < 1.29 is 0 Å². The smallest absolute Gasteiger partial charge is 0.145 e. The lowest BCUT2D eigenvalue weighted by molar-refractivity contribution is 0.660. The van der Waals surface area contributed by atoms with Crippen molar-refractivity contribution in [1.29, 1.82) is 0 Å². The number of imidazole rings is 1. The van der Waals surface area contributed by atoms with E-state index in [4.69, 9.17) is 0 Å². The van der Waals surface area contributed by atoms with Gasteiger partial charge in [-0.15, -0.1) is 0 Å². The maximum Gasteiger partial charge on any atom is 0.145 e. The Labute approximate surface area is 186 Å². The molecule has 0 bridgehead atoms. The van der Waals surface area contributed by atoms with Crippen LogP contribution in [0.25, 0.3) is 49.6 Å². The van der Waals surface area contributed by atoms with Crippen molar-refractivity contribution in [2.24, 2.45) is 0 Å². The quantitative estimate of drug-likeness (QED) is 0.255. The lowest BCUT2D eigenvalue weighted by atomic mass is 9.82. The Bertz CT molecular complexity index is 1700. The largest absolute Gasteiger partial charge is 0.299 e. The van der Waals surface area contributed by atoms with Gasteiger partial charge in [-0.3, -0.25) is 4.40 Å². The van der Waals surface area contributed by atoms with E-state index in [1.807, 2.05) is 6.20 Å². The van der Waals surface area contributed by atoms with E-state index in [0.717, 1.165) is 5.65 Å². The maximum atomic E-state index is 4.67. The number of pyridine rings is 1. The Balaban J connectivity index is 1.68. The minimum atomic E-state index is -0.00773. The zero-order chi connectivity index (χ0) is 21.4. The molecule has 0 atom stereocenters. The fourth-order valence-corrected chi connectivity index (χ4v) is 5.82. The molecule has 6 aromatic rings. The molecule has 7 rings (SSSR count). The van der Waals surface area contributed by atoms with Gasteiger partial charge in [0.05, 0.1) is 5.52 Å². The Morgan fingerprint density at radius 2 is 1.34 bits per heavy atom. The van der Waals surface area contributed by atoms with E-state index in [-0.39, 0.29) is 5.41 Å². The summed E-state index contributed by atoms with van der Waals surface area (Å²) in [6, 6.07) is 31.0. The second kappa shape index (κ2) is 6.08. The first-order valence-electron chi connectivity index (χ1n) is 11.2. The minimum absolute atomic E-state index is 0.00773. The number of fused-ring (bicyclic) bond motifs is 9. The van der Waals surface area contributed by atoms with E-state index >= 15 is 0 Å². The summed E-state index contributed by atoms with van der Waals surface area (Å²) in [5, 5.41) is 3.72.